The van der Waals surface area contributed by atoms with Gasteiger partial charge in [0.1, 0.15) is 17.5 Å². The van der Waals surface area contributed by atoms with Crippen molar-refractivity contribution in [1.82, 2.24) is 9.97 Å². The fraction of sp³-hybridized carbons (Fsp3) is 0.150. The monoisotopic (exact) mass is 402 g/mol. The van der Waals surface area contributed by atoms with Gasteiger partial charge >= 0.3 is 12.2 Å². The number of halogens is 4. The van der Waals surface area contributed by atoms with Crippen molar-refractivity contribution in [3.05, 3.63) is 71.7 Å². The standard InChI is InChI=1S/C20H14F4N4O/c21-15-5-7-17(25-11-15)27-19(29)28-9-8-12-4-6-16(26-18(12)28)13-2-1-3-14(10-13)20(22,23)24/h1-7,10-11H,8-9H2,(H,25,27,29). The van der Waals surface area contributed by atoms with Gasteiger partial charge in [0.05, 0.1) is 17.5 Å². The quantitative estimate of drug-likeness (QED) is 0.621. The fourth-order valence-corrected chi connectivity index (χ4v) is 3.08. The van der Waals surface area contributed by atoms with Crippen LogP contribution < -0.4 is 10.2 Å². The maximum absolute atomic E-state index is 13.0. The second-order valence-corrected chi connectivity index (χ2v) is 6.45. The zero-order valence-electron chi connectivity index (χ0n) is 14.9. The molecule has 2 amide bonds. The molecule has 1 aliphatic heterocycles. The lowest BCUT2D eigenvalue weighted by atomic mass is 10.1. The van der Waals surface area contributed by atoms with Crippen LogP contribution in [-0.4, -0.2) is 22.5 Å². The van der Waals surface area contributed by atoms with Crippen LogP contribution in [0.3, 0.4) is 0 Å². The van der Waals surface area contributed by atoms with E-state index in [4.69, 9.17) is 0 Å². The van der Waals surface area contributed by atoms with E-state index in [2.05, 4.69) is 15.3 Å². The highest BCUT2D eigenvalue weighted by Gasteiger charge is 2.31. The third kappa shape index (κ3) is 3.89. The van der Waals surface area contributed by atoms with Gasteiger partial charge < -0.3 is 0 Å². The molecule has 1 aliphatic rings. The Kier molecular flexibility index (Phi) is 4.65. The molecular weight excluding hydrogens is 388 g/mol. The van der Waals surface area contributed by atoms with Gasteiger partial charge in [-0.05, 0) is 42.3 Å². The van der Waals surface area contributed by atoms with E-state index in [0.29, 0.717) is 30.0 Å². The van der Waals surface area contributed by atoms with E-state index in [0.717, 1.165) is 23.9 Å². The summed E-state index contributed by atoms with van der Waals surface area (Å²) < 4.78 is 51.9. The van der Waals surface area contributed by atoms with Crippen molar-refractivity contribution in [2.24, 2.45) is 0 Å². The molecule has 9 heteroatoms. The average Bonchev–Trinajstić information content (AvgIpc) is 3.12. The molecule has 0 radical (unpaired) electrons. The summed E-state index contributed by atoms with van der Waals surface area (Å²) in [4.78, 5) is 22.2. The molecule has 3 heterocycles. The van der Waals surface area contributed by atoms with E-state index in [9.17, 15) is 22.4 Å². The number of carbonyl (C=O) groups excluding carboxylic acids is 1. The number of amides is 2. The molecule has 3 aromatic rings. The number of fused-ring (bicyclic) bond motifs is 1. The van der Waals surface area contributed by atoms with E-state index in [1.807, 2.05) is 0 Å². The Labute approximate surface area is 163 Å². The highest BCUT2D eigenvalue weighted by Crippen LogP contribution is 2.34. The number of nitrogens with one attached hydrogen (secondary N) is 1. The van der Waals surface area contributed by atoms with Gasteiger partial charge in [0.15, 0.2) is 0 Å². The third-order valence-corrected chi connectivity index (χ3v) is 4.51. The molecule has 0 saturated heterocycles. The first-order chi connectivity index (χ1) is 13.8. The van der Waals surface area contributed by atoms with E-state index in [1.165, 1.54) is 29.2 Å². The van der Waals surface area contributed by atoms with Gasteiger partial charge in [-0.15, -0.1) is 0 Å². The first-order valence-corrected chi connectivity index (χ1v) is 8.69. The second-order valence-electron chi connectivity index (χ2n) is 6.45. The molecule has 1 N–H and O–H groups in total. The van der Waals surface area contributed by atoms with Crippen LogP contribution in [0.1, 0.15) is 11.1 Å². The van der Waals surface area contributed by atoms with E-state index in [-0.39, 0.29) is 5.82 Å². The van der Waals surface area contributed by atoms with Crippen molar-refractivity contribution < 1.29 is 22.4 Å². The number of alkyl halides is 3. The molecule has 0 atom stereocenters. The van der Waals surface area contributed by atoms with Crippen LogP contribution in [0.25, 0.3) is 11.3 Å². The summed E-state index contributed by atoms with van der Waals surface area (Å²) in [6, 6.07) is 10.3. The van der Waals surface area contributed by atoms with Crippen molar-refractivity contribution >= 4 is 17.7 Å². The predicted octanol–water partition coefficient (Wildman–Crippen LogP) is 4.90. The number of hydrogen-bond donors (Lipinski definition) is 1. The Balaban J connectivity index is 1.61. The number of pyridine rings is 2. The van der Waals surface area contributed by atoms with Crippen LogP contribution in [0.15, 0.2) is 54.7 Å². The Morgan fingerprint density at radius 2 is 1.93 bits per heavy atom. The van der Waals surface area contributed by atoms with Gasteiger partial charge in [-0.1, -0.05) is 18.2 Å². The summed E-state index contributed by atoms with van der Waals surface area (Å²) in [7, 11) is 0. The summed E-state index contributed by atoms with van der Waals surface area (Å²) in [5.74, 6) is 0.0281. The van der Waals surface area contributed by atoms with Crippen LogP contribution in [0.4, 0.5) is 34.0 Å². The summed E-state index contributed by atoms with van der Waals surface area (Å²) in [5, 5.41) is 2.56. The molecule has 0 spiro atoms. The SMILES string of the molecule is O=C(Nc1ccc(F)cn1)N1CCc2ccc(-c3cccc(C(F)(F)F)c3)nc21. The van der Waals surface area contributed by atoms with Crippen molar-refractivity contribution in [2.75, 3.05) is 16.8 Å². The number of aromatic nitrogens is 2. The lowest BCUT2D eigenvalue weighted by Crippen LogP contribution is -2.34. The van der Waals surface area contributed by atoms with Gasteiger partial charge in [-0.3, -0.25) is 10.2 Å². The number of rotatable bonds is 2. The van der Waals surface area contributed by atoms with Crippen LogP contribution in [0.5, 0.6) is 0 Å². The maximum atomic E-state index is 13.0. The molecule has 0 saturated carbocycles. The minimum Gasteiger partial charge on any atom is -0.292 e. The molecule has 0 aliphatic carbocycles. The topological polar surface area (TPSA) is 58.1 Å². The first kappa shape index (κ1) is 18.9. The second kappa shape index (κ2) is 7.16. The van der Waals surface area contributed by atoms with Crippen LogP contribution in [0, 0.1) is 5.82 Å². The van der Waals surface area contributed by atoms with Crippen molar-refractivity contribution in [3.8, 4) is 11.3 Å². The Hall–Kier alpha value is -3.49. The van der Waals surface area contributed by atoms with E-state index in [1.54, 1.807) is 12.1 Å². The third-order valence-electron chi connectivity index (χ3n) is 4.51. The zero-order chi connectivity index (χ0) is 20.6. The molecule has 0 bridgehead atoms. The van der Waals surface area contributed by atoms with E-state index < -0.39 is 23.6 Å². The predicted molar refractivity (Wildman–Crippen MR) is 98.9 cm³/mol. The first-order valence-electron chi connectivity index (χ1n) is 8.69. The minimum atomic E-state index is -4.46. The summed E-state index contributed by atoms with van der Waals surface area (Å²) in [6.45, 7) is 0.363. The molecule has 2 aromatic heterocycles. The smallest absolute Gasteiger partial charge is 0.292 e. The average molecular weight is 402 g/mol. The lowest BCUT2D eigenvalue weighted by molar-refractivity contribution is -0.137. The molecule has 5 nitrogen and oxygen atoms in total. The van der Waals surface area contributed by atoms with Gasteiger partial charge in [-0.25, -0.2) is 19.2 Å². The number of benzene rings is 1. The Morgan fingerprint density at radius 1 is 1.10 bits per heavy atom. The largest absolute Gasteiger partial charge is 0.416 e. The molecular formula is C20H14F4N4O. The van der Waals surface area contributed by atoms with Crippen LogP contribution >= 0.6 is 0 Å². The Bertz CT molecular complexity index is 1070. The molecule has 29 heavy (non-hydrogen) atoms. The van der Waals surface area contributed by atoms with E-state index >= 15 is 0 Å². The highest BCUT2D eigenvalue weighted by atomic mass is 19.4. The summed E-state index contributed by atoms with van der Waals surface area (Å²) in [5.41, 5.74) is 0.668. The van der Waals surface area contributed by atoms with Crippen LogP contribution in [-0.2, 0) is 12.6 Å². The van der Waals surface area contributed by atoms with Crippen LogP contribution in [0.2, 0.25) is 0 Å². The van der Waals surface area contributed by atoms with Crippen molar-refractivity contribution in [1.29, 1.82) is 0 Å². The number of nitrogens with zero attached hydrogens (tertiary/aromatic N) is 3. The van der Waals surface area contributed by atoms with Gasteiger partial charge in [0.25, 0.3) is 0 Å². The number of carbonyl (C=O) groups is 1. The summed E-state index contributed by atoms with van der Waals surface area (Å²) >= 11 is 0. The lowest BCUT2D eigenvalue weighted by Gasteiger charge is -2.17. The number of hydrogen-bond acceptors (Lipinski definition) is 3. The number of urea groups is 1. The molecule has 0 fully saturated rings. The highest BCUT2D eigenvalue weighted by molar-refractivity contribution is 6.02. The van der Waals surface area contributed by atoms with Crippen molar-refractivity contribution in [2.45, 2.75) is 12.6 Å². The number of anilines is 2. The summed E-state index contributed by atoms with van der Waals surface area (Å²) in [6.07, 6.45) is -2.91. The molecule has 4 rings (SSSR count). The van der Waals surface area contributed by atoms with Gasteiger partial charge in [0, 0.05) is 12.1 Å². The maximum Gasteiger partial charge on any atom is 0.416 e. The minimum absolute atomic E-state index is 0.180. The Morgan fingerprint density at radius 3 is 2.66 bits per heavy atom. The van der Waals surface area contributed by atoms with Crippen molar-refractivity contribution in [3.63, 3.8) is 0 Å². The normalized spacial score (nSPS) is 13.3. The van der Waals surface area contributed by atoms with Gasteiger partial charge in [-0.2, -0.15) is 13.2 Å². The van der Waals surface area contributed by atoms with Gasteiger partial charge in [0.2, 0.25) is 0 Å². The molecule has 1 aromatic carbocycles. The zero-order valence-corrected chi connectivity index (χ0v) is 14.9. The molecule has 0 unspecified atom stereocenters. The fourth-order valence-electron chi connectivity index (χ4n) is 3.08. The molecule has 148 valence electrons.